The molecule has 1 aliphatic carbocycles. The minimum absolute atomic E-state index is 0.0220. The number of hydrogen-bond acceptors (Lipinski definition) is 26. The van der Waals surface area contributed by atoms with Gasteiger partial charge in [0.05, 0.1) is 95.2 Å². The molecule has 9 heterocycles. The van der Waals surface area contributed by atoms with E-state index < -0.39 is 66.9 Å². The number of aliphatic hydroxyl groups is 2. The first-order chi connectivity index (χ1) is 49.9. The van der Waals surface area contributed by atoms with E-state index in [4.69, 9.17) is 94.8 Å². The Morgan fingerprint density at radius 1 is 0.533 bits per heavy atom. The molecule has 1 aliphatic heterocycles. The Morgan fingerprint density at radius 3 is 1.57 bits per heavy atom. The number of amides is 1. The van der Waals surface area contributed by atoms with E-state index in [9.17, 15) is 48.4 Å². The number of rotatable bonds is 17. The number of ether oxygens (including phenoxy) is 7. The van der Waals surface area contributed by atoms with Gasteiger partial charge in [-0.25, -0.2) is 73.2 Å². The number of carbonyl (C=O) groups is 9. The van der Waals surface area contributed by atoms with Crippen LogP contribution in [-0.4, -0.2) is 173 Å². The molecule has 2 aliphatic rings. The Balaban J connectivity index is 0.000000267. The fourth-order valence-corrected chi connectivity index (χ4v) is 11.1. The molecular formula is C68H69Cl6N9O21Si. The van der Waals surface area contributed by atoms with Gasteiger partial charge in [0.2, 0.25) is 5.91 Å². The lowest BCUT2D eigenvalue weighted by molar-refractivity contribution is -0.608. The maximum Gasteiger partial charge on any atom is 0.405 e. The van der Waals surface area contributed by atoms with Gasteiger partial charge < -0.3 is 58.8 Å². The van der Waals surface area contributed by atoms with Crippen molar-refractivity contribution in [3.8, 4) is 0 Å². The van der Waals surface area contributed by atoms with Crippen LogP contribution in [0.4, 0.5) is 5.82 Å². The van der Waals surface area contributed by atoms with Crippen LogP contribution < -0.4 is 9.63 Å². The number of carbonyl (C=O) groups excluding carboxylic acids is 7. The number of alkyl halides is 2. The molecule has 30 nitrogen and oxygen atoms in total. The van der Waals surface area contributed by atoms with Crippen molar-refractivity contribution >= 4 is 137 Å². The van der Waals surface area contributed by atoms with Crippen molar-refractivity contribution in [2.24, 2.45) is 0 Å². The van der Waals surface area contributed by atoms with Gasteiger partial charge in [-0.15, -0.1) is 23.2 Å². The Hall–Kier alpha value is -9.93. The lowest BCUT2D eigenvalue weighted by Crippen LogP contribution is -2.42. The number of nitrogens with zero attached hydrogens (tertiary/aromatic N) is 9. The molecule has 0 radical (unpaired) electrons. The molecular weight excluding hydrogens is 1520 g/mol. The zero-order valence-corrected chi connectivity index (χ0v) is 63.0. The van der Waals surface area contributed by atoms with E-state index in [0.717, 1.165) is 60.4 Å². The molecule has 0 fully saturated rings. The number of esters is 6. The molecule has 8 aromatic rings. The number of methoxy groups -OCH3 is 6. The Bertz CT molecular complexity index is 4270. The van der Waals surface area contributed by atoms with Crippen LogP contribution in [0.5, 0.6) is 0 Å². The number of fused-ring (bicyclic) bond motifs is 3. The van der Waals surface area contributed by atoms with Crippen molar-refractivity contribution in [1.82, 2.24) is 34.9 Å². The lowest BCUT2D eigenvalue weighted by Gasteiger charge is -2.23. The third kappa shape index (κ3) is 24.9. The van der Waals surface area contributed by atoms with Crippen molar-refractivity contribution in [3.05, 3.63) is 232 Å². The molecule has 37 heteroatoms. The Morgan fingerprint density at radius 2 is 1.03 bits per heavy atom. The summed E-state index contributed by atoms with van der Waals surface area (Å²) in [5.74, 6) is -5.41. The van der Waals surface area contributed by atoms with Gasteiger partial charge in [0.25, 0.3) is 0 Å². The molecule has 1 atom stereocenters. The number of hydrogen-bond donors (Lipinski definition) is 4. The molecule has 1 unspecified atom stereocenters. The van der Waals surface area contributed by atoms with Crippen molar-refractivity contribution in [2.75, 3.05) is 60.9 Å². The average molecular weight is 1590 g/mol. The van der Waals surface area contributed by atoms with Gasteiger partial charge in [0.1, 0.15) is 38.7 Å². The van der Waals surface area contributed by atoms with E-state index in [0.29, 0.717) is 57.9 Å². The number of pyridine rings is 8. The third-order valence-corrected chi connectivity index (χ3v) is 17.4. The van der Waals surface area contributed by atoms with E-state index in [1.807, 2.05) is 24.3 Å². The molecule has 105 heavy (non-hydrogen) atoms. The van der Waals surface area contributed by atoms with Crippen LogP contribution in [0, 0.1) is 5.21 Å². The van der Waals surface area contributed by atoms with Crippen LogP contribution in [0.25, 0.3) is 0 Å². The molecule has 1 amide bonds. The number of aliphatic hydroxyl groups excluding tert-OH is 2. The summed E-state index contributed by atoms with van der Waals surface area (Å²) in [5.41, 5.74) is 3.75. The van der Waals surface area contributed by atoms with Crippen molar-refractivity contribution in [2.45, 2.75) is 68.9 Å². The second kappa shape index (κ2) is 42.7. The zero-order valence-electron chi connectivity index (χ0n) is 57.4. The number of aromatic carboxylic acids is 2. The number of anilines is 1. The van der Waals surface area contributed by atoms with Gasteiger partial charge in [-0.3, -0.25) is 9.69 Å². The molecule has 8 aromatic heterocycles. The van der Waals surface area contributed by atoms with Crippen LogP contribution in [0.2, 0.25) is 46.3 Å². The fourth-order valence-electron chi connectivity index (χ4n) is 9.18. The van der Waals surface area contributed by atoms with Crippen molar-refractivity contribution in [1.29, 1.82) is 0 Å². The average Bonchev–Trinajstić information content (AvgIpc) is 1.56. The molecule has 0 bridgehead atoms. The highest BCUT2D eigenvalue weighted by atomic mass is 35.5. The fraction of sp³-hybridized carbons (Fsp3) is 0.279. The van der Waals surface area contributed by atoms with Gasteiger partial charge >= 0.3 is 53.4 Å². The van der Waals surface area contributed by atoms with E-state index in [1.165, 1.54) is 83.3 Å². The summed E-state index contributed by atoms with van der Waals surface area (Å²) in [6.07, 6.45) is 6.66. The monoisotopic (exact) mass is 1590 g/mol. The largest absolute Gasteiger partial charge is 0.618 e. The van der Waals surface area contributed by atoms with Crippen LogP contribution in [0.3, 0.4) is 0 Å². The maximum atomic E-state index is 13.5. The van der Waals surface area contributed by atoms with E-state index in [2.05, 4.69) is 83.0 Å². The second-order valence-electron chi connectivity index (χ2n) is 22.2. The van der Waals surface area contributed by atoms with E-state index >= 15 is 0 Å². The smallest absolute Gasteiger partial charge is 0.405 e. The second-order valence-corrected chi connectivity index (χ2v) is 29.9. The number of carboxylic acids is 2. The summed E-state index contributed by atoms with van der Waals surface area (Å²) in [4.78, 5) is 131. The standard InChI is InChI=1S/C20H24ClN3O2Si.C9H8ClNO4.C9H9NO5.C9H9NO4.C7H6Cl3N.C7H8ClNO2.C7H5NO4/c1-27(2,3)10-9-26-13-24-18-15(5-4-8-22-18)20(19(24)25)11-14-6-7-17(21)23-16(14)12-20;1-14-8(12)5-3-4-6(10)11-7(5)9(13)15-2;1-14-8(11)6-4-3-5-10(13)7(6)9(12)15-2;1-13-8(11)6-4-3-5-10-7(6)9(12)14-2;8-3-5-1-2-7(10)11-6(5)4-9;8-7-2-1-5(3-10)6(4-11)9-7;9-6(10)4-2-1-3-8-5(4)7(11)12/h4-8H,9-13H2,1-3H3;3-4H,1-2H3;3-5H,1-2H3;3-5H,1-2H3;1-2H,3-4H2;1-2,10-11H,3-4H2;1-3H,(H,9,10)(H,11,12). The van der Waals surface area contributed by atoms with E-state index in [-0.39, 0.29) is 75.1 Å². The lowest BCUT2D eigenvalue weighted by atomic mass is 9.80. The third-order valence-electron chi connectivity index (χ3n) is 14.3. The highest BCUT2D eigenvalue weighted by molar-refractivity contribution is 6.76. The van der Waals surface area contributed by atoms with Crippen LogP contribution in [0.15, 0.2) is 122 Å². The van der Waals surface area contributed by atoms with Crippen molar-refractivity contribution in [3.63, 3.8) is 0 Å². The van der Waals surface area contributed by atoms with Gasteiger partial charge in [-0.05, 0) is 90.3 Å². The molecule has 0 aromatic carbocycles. The minimum atomic E-state index is -1.34. The van der Waals surface area contributed by atoms with Crippen LogP contribution >= 0.6 is 69.6 Å². The highest BCUT2D eigenvalue weighted by Crippen LogP contribution is 2.49. The summed E-state index contributed by atoms with van der Waals surface area (Å²) in [5, 5.41) is 47.1. The topological polar surface area (TPSA) is 420 Å². The van der Waals surface area contributed by atoms with Crippen LogP contribution in [-0.2, 0) is 81.2 Å². The van der Waals surface area contributed by atoms with Gasteiger partial charge in [-0.2, -0.15) is 4.73 Å². The summed E-state index contributed by atoms with van der Waals surface area (Å²) in [6.45, 7) is 7.55. The quantitative estimate of drug-likeness (QED) is 0.00962. The molecule has 0 saturated heterocycles. The maximum absolute atomic E-state index is 13.5. The molecule has 1 spiro atoms. The Labute approximate surface area is 631 Å². The van der Waals surface area contributed by atoms with Crippen molar-refractivity contribution < 1.29 is 101 Å². The summed E-state index contributed by atoms with van der Waals surface area (Å²) < 4.78 is 32.8. The SMILES string of the molecule is COC(=O)c1ccc(Cl)nc1C(=O)OC.COC(=O)c1ccc[n+]([O-])c1C(=O)OC.COC(=O)c1cccnc1C(=O)OC.C[Si](C)(C)CCOCN1C(=O)C2(Cc3ccc(Cl)nc3C2)c2cccnc21.ClCc1ccc(Cl)nc1CCl.O=C(O)c1cccnc1C(=O)O.OCc1ccc(Cl)nc1CO. The predicted octanol–water partition coefficient (Wildman–Crippen LogP) is 10.1. The van der Waals surface area contributed by atoms with Gasteiger partial charge in [-0.1, -0.05) is 90.3 Å². The summed E-state index contributed by atoms with van der Waals surface area (Å²) in [7, 11) is 5.96. The summed E-state index contributed by atoms with van der Waals surface area (Å²) >= 11 is 34.1. The van der Waals surface area contributed by atoms with Crippen LogP contribution in [0.1, 0.15) is 123 Å². The molecule has 558 valence electrons. The first-order valence-corrected chi connectivity index (χ1v) is 36.6. The number of carboxylic acid groups (broad SMARTS) is 2. The number of aromatic nitrogens is 8. The first-order valence-electron chi connectivity index (χ1n) is 30.3. The summed E-state index contributed by atoms with van der Waals surface area (Å²) in [6, 6.07) is 26.5. The predicted molar refractivity (Wildman–Crippen MR) is 384 cm³/mol. The molecule has 4 N–H and O–H groups in total. The number of halogens is 6. The van der Waals surface area contributed by atoms with Gasteiger partial charge in [0.15, 0.2) is 23.3 Å². The molecule has 0 saturated carbocycles. The Kier molecular flexibility index (Phi) is 35.6. The van der Waals surface area contributed by atoms with E-state index in [1.54, 1.807) is 41.4 Å². The first kappa shape index (κ1) is 87.5. The van der Waals surface area contributed by atoms with Gasteiger partial charge in [0, 0.05) is 68.5 Å². The highest BCUT2D eigenvalue weighted by Gasteiger charge is 2.55. The minimum Gasteiger partial charge on any atom is -0.618 e. The molecule has 10 rings (SSSR count). The zero-order chi connectivity index (χ0) is 78.3. The normalized spacial score (nSPS) is 12.5.